The third-order valence-corrected chi connectivity index (χ3v) is 2.32. The van der Waals surface area contributed by atoms with Gasteiger partial charge in [-0.15, -0.1) is 0 Å². The predicted octanol–water partition coefficient (Wildman–Crippen LogP) is 3.77. The van der Waals surface area contributed by atoms with Gasteiger partial charge in [0, 0.05) is 17.6 Å². The minimum Gasteiger partial charge on any atom is -0.310 e. The Balaban J connectivity index is 2.40. The lowest BCUT2D eigenvalue weighted by Crippen LogP contribution is -2.30. The largest absolute Gasteiger partial charge is 0.390 e. The summed E-state index contributed by atoms with van der Waals surface area (Å²) in [5.41, 5.74) is 0.876. The minimum absolute atomic E-state index is 0.387. The van der Waals surface area contributed by atoms with E-state index in [1.807, 2.05) is 6.07 Å². The molecule has 0 bridgehead atoms. The first-order valence-corrected chi connectivity index (χ1v) is 5.29. The van der Waals surface area contributed by atoms with Crippen LogP contribution in [0.15, 0.2) is 24.3 Å². The van der Waals surface area contributed by atoms with Crippen molar-refractivity contribution in [2.45, 2.75) is 32.1 Å². The molecule has 16 heavy (non-hydrogen) atoms. The molecule has 0 radical (unpaired) electrons. The Morgan fingerprint density at radius 1 is 1.38 bits per heavy atom. The topological polar surface area (TPSA) is 12.0 Å². The average Bonchev–Trinajstić information content (AvgIpc) is 2.12. The molecule has 1 atom stereocenters. The van der Waals surface area contributed by atoms with Gasteiger partial charge in [-0.2, -0.15) is 13.2 Å². The van der Waals surface area contributed by atoms with E-state index >= 15 is 0 Å². The molecule has 1 N–H and O–H groups in total. The van der Waals surface area contributed by atoms with Gasteiger partial charge in [0.15, 0.2) is 0 Å². The Morgan fingerprint density at radius 2 is 2.06 bits per heavy atom. The van der Waals surface area contributed by atoms with Gasteiger partial charge >= 0.3 is 6.18 Å². The molecule has 0 amide bonds. The van der Waals surface area contributed by atoms with E-state index in [1.54, 1.807) is 18.2 Å². The highest BCUT2D eigenvalue weighted by molar-refractivity contribution is 6.30. The molecule has 0 spiro atoms. The standard InChI is InChI=1S/C11H13ClF3N/c1-8(6-11(13,14)15)16-7-9-3-2-4-10(12)5-9/h2-5,8,16H,6-7H2,1H3. The van der Waals surface area contributed by atoms with Crippen molar-refractivity contribution in [2.75, 3.05) is 0 Å². The van der Waals surface area contributed by atoms with Crippen LogP contribution in [0.2, 0.25) is 5.02 Å². The normalized spacial score (nSPS) is 13.8. The van der Waals surface area contributed by atoms with Crippen LogP contribution in [-0.4, -0.2) is 12.2 Å². The van der Waals surface area contributed by atoms with Gasteiger partial charge in [-0.1, -0.05) is 23.7 Å². The van der Waals surface area contributed by atoms with Crippen LogP contribution in [0, 0.1) is 0 Å². The molecule has 1 aromatic carbocycles. The van der Waals surface area contributed by atoms with Gasteiger partial charge in [0.25, 0.3) is 0 Å². The number of hydrogen-bond acceptors (Lipinski definition) is 1. The summed E-state index contributed by atoms with van der Waals surface area (Å²) in [6.07, 6.45) is -4.95. The summed E-state index contributed by atoms with van der Waals surface area (Å²) >= 11 is 5.76. The Kier molecular flexibility index (Phi) is 4.62. The van der Waals surface area contributed by atoms with E-state index in [-0.39, 0.29) is 0 Å². The molecule has 5 heteroatoms. The average molecular weight is 252 g/mol. The van der Waals surface area contributed by atoms with Crippen LogP contribution in [0.4, 0.5) is 13.2 Å². The molecule has 90 valence electrons. The van der Waals surface area contributed by atoms with E-state index in [0.29, 0.717) is 11.6 Å². The summed E-state index contributed by atoms with van der Waals surface area (Å²) in [7, 11) is 0. The van der Waals surface area contributed by atoms with E-state index in [2.05, 4.69) is 5.32 Å². The number of halogens is 4. The molecule has 0 aliphatic rings. The lowest BCUT2D eigenvalue weighted by Gasteiger charge is -2.15. The van der Waals surface area contributed by atoms with Gasteiger partial charge in [0.05, 0.1) is 6.42 Å². The minimum atomic E-state index is -4.12. The highest BCUT2D eigenvalue weighted by Gasteiger charge is 2.29. The van der Waals surface area contributed by atoms with Crippen molar-refractivity contribution in [3.63, 3.8) is 0 Å². The fourth-order valence-corrected chi connectivity index (χ4v) is 1.57. The fraction of sp³-hybridized carbons (Fsp3) is 0.455. The molecule has 0 heterocycles. The van der Waals surface area contributed by atoms with Crippen molar-refractivity contribution in [3.05, 3.63) is 34.9 Å². The fourth-order valence-electron chi connectivity index (χ4n) is 1.36. The molecule has 1 unspecified atom stereocenters. The maximum absolute atomic E-state index is 12.0. The molecule has 1 aromatic rings. The van der Waals surface area contributed by atoms with Gasteiger partial charge in [-0.05, 0) is 24.6 Å². The SMILES string of the molecule is CC(CC(F)(F)F)NCc1cccc(Cl)c1. The molecular formula is C11H13ClF3N. The van der Waals surface area contributed by atoms with Crippen LogP contribution in [0.25, 0.3) is 0 Å². The van der Waals surface area contributed by atoms with Gasteiger partial charge < -0.3 is 5.32 Å². The van der Waals surface area contributed by atoms with Crippen molar-refractivity contribution in [1.29, 1.82) is 0 Å². The second kappa shape index (κ2) is 5.55. The Hall–Kier alpha value is -0.740. The third kappa shape index (κ3) is 5.37. The first kappa shape index (κ1) is 13.3. The lowest BCUT2D eigenvalue weighted by molar-refractivity contribution is -0.139. The number of alkyl halides is 3. The van der Waals surface area contributed by atoms with E-state index in [9.17, 15) is 13.2 Å². The van der Waals surface area contributed by atoms with Gasteiger partial charge in [-0.3, -0.25) is 0 Å². The van der Waals surface area contributed by atoms with Crippen molar-refractivity contribution in [3.8, 4) is 0 Å². The van der Waals surface area contributed by atoms with E-state index < -0.39 is 18.6 Å². The zero-order valence-electron chi connectivity index (χ0n) is 8.81. The third-order valence-electron chi connectivity index (χ3n) is 2.08. The molecule has 1 rings (SSSR count). The molecule has 0 saturated carbocycles. The molecule has 0 aliphatic carbocycles. The van der Waals surface area contributed by atoms with Crippen LogP contribution in [0.5, 0.6) is 0 Å². The van der Waals surface area contributed by atoms with Crippen molar-refractivity contribution in [1.82, 2.24) is 5.32 Å². The van der Waals surface area contributed by atoms with Crippen LogP contribution < -0.4 is 5.32 Å². The van der Waals surface area contributed by atoms with Crippen LogP contribution in [-0.2, 0) is 6.54 Å². The first-order chi connectivity index (χ1) is 7.37. The zero-order chi connectivity index (χ0) is 12.2. The highest BCUT2D eigenvalue weighted by Crippen LogP contribution is 2.21. The zero-order valence-corrected chi connectivity index (χ0v) is 9.57. The van der Waals surface area contributed by atoms with Crippen LogP contribution in [0.3, 0.4) is 0 Å². The maximum Gasteiger partial charge on any atom is 0.390 e. The Labute approximate surface area is 97.6 Å². The molecule has 0 aliphatic heterocycles. The molecular weight excluding hydrogens is 239 g/mol. The summed E-state index contributed by atoms with van der Waals surface area (Å²) < 4.78 is 36.1. The summed E-state index contributed by atoms with van der Waals surface area (Å²) in [4.78, 5) is 0. The summed E-state index contributed by atoms with van der Waals surface area (Å²) in [5.74, 6) is 0. The molecule has 0 saturated heterocycles. The Bertz CT molecular complexity index is 338. The number of nitrogens with one attached hydrogen (secondary N) is 1. The summed E-state index contributed by atoms with van der Waals surface area (Å²) in [6.45, 7) is 1.90. The predicted molar refractivity (Wildman–Crippen MR) is 58.4 cm³/mol. The van der Waals surface area contributed by atoms with Gasteiger partial charge in [0.2, 0.25) is 0 Å². The van der Waals surface area contributed by atoms with Crippen molar-refractivity contribution >= 4 is 11.6 Å². The molecule has 0 fully saturated rings. The second-order valence-corrected chi connectivity index (χ2v) is 4.17. The van der Waals surface area contributed by atoms with E-state index in [4.69, 9.17) is 11.6 Å². The van der Waals surface area contributed by atoms with E-state index in [1.165, 1.54) is 6.92 Å². The maximum atomic E-state index is 12.0. The highest BCUT2D eigenvalue weighted by atomic mass is 35.5. The second-order valence-electron chi connectivity index (χ2n) is 3.73. The molecule has 1 nitrogen and oxygen atoms in total. The number of benzene rings is 1. The number of hydrogen-bond donors (Lipinski definition) is 1. The van der Waals surface area contributed by atoms with Gasteiger partial charge in [-0.25, -0.2) is 0 Å². The smallest absolute Gasteiger partial charge is 0.310 e. The first-order valence-electron chi connectivity index (χ1n) is 4.91. The Morgan fingerprint density at radius 3 is 2.62 bits per heavy atom. The van der Waals surface area contributed by atoms with Crippen LogP contribution >= 0.6 is 11.6 Å². The van der Waals surface area contributed by atoms with Crippen molar-refractivity contribution < 1.29 is 13.2 Å². The quantitative estimate of drug-likeness (QED) is 0.859. The number of rotatable bonds is 4. The summed E-state index contributed by atoms with van der Waals surface area (Å²) in [5, 5.41) is 3.39. The van der Waals surface area contributed by atoms with Gasteiger partial charge in [0.1, 0.15) is 0 Å². The van der Waals surface area contributed by atoms with Crippen LogP contribution in [0.1, 0.15) is 18.9 Å². The summed E-state index contributed by atoms with van der Waals surface area (Å²) in [6, 6.07) is 6.45. The molecule has 0 aromatic heterocycles. The van der Waals surface area contributed by atoms with Crippen molar-refractivity contribution in [2.24, 2.45) is 0 Å². The van der Waals surface area contributed by atoms with E-state index in [0.717, 1.165) is 5.56 Å². The monoisotopic (exact) mass is 251 g/mol. The lowest BCUT2D eigenvalue weighted by atomic mass is 10.2.